The Bertz CT molecular complexity index is 604. The number of benzene rings is 1. The van der Waals surface area contributed by atoms with E-state index in [1.807, 2.05) is 24.3 Å². The number of amides is 1. The number of carbonyl (C=O) groups is 1. The molecule has 0 fully saturated rings. The standard InChI is InChI=1S/C14H13BrN2O2/c15-9-5-7-10(8-6-9)16-14(18)13-11-3-1-2-4-12(11)19-17-13/h5-8H,1-4H2,(H,16,18). The van der Waals surface area contributed by atoms with Gasteiger partial charge in [0, 0.05) is 22.1 Å². The second kappa shape index (κ2) is 5.17. The summed E-state index contributed by atoms with van der Waals surface area (Å²) >= 11 is 3.36. The molecule has 0 spiro atoms. The number of nitrogens with zero attached hydrogens (tertiary/aromatic N) is 1. The van der Waals surface area contributed by atoms with E-state index in [1.165, 1.54) is 0 Å². The minimum absolute atomic E-state index is 0.200. The maximum atomic E-state index is 12.2. The molecule has 1 aromatic heterocycles. The molecule has 0 atom stereocenters. The smallest absolute Gasteiger partial charge is 0.278 e. The summed E-state index contributed by atoms with van der Waals surface area (Å²) in [6.07, 6.45) is 3.96. The lowest BCUT2D eigenvalue weighted by molar-refractivity contribution is 0.101. The number of carbonyl (C=O) groups excluding carboxylic acids is 1. The molecule has 3 rings (SSSR count). The number of nitrogens with one attached hydrogen (secondary N) is 1. The lowest BCUT2D eigenvalue weighted by Gasteiger charge is -2.09. The summed E-state index contributed by atoms with van der Waals surface area (Å²) < 4.78 is 6.22. The molecule has 2 aromatic rings. The molecule has 1 aliphatic carbocycles. The highest BCUT2D eigenvalue weighted by atomic mass is 79.9. The summed E-state index contributed by atoms with van der Waals surface area (Å²) in [4.78, 5) is 12.2. The van der Waals surface area contributed by atoms with Crippen LogP contribution in [0.4, 0.5) is 5.69 Å². The van der Waals surface area contributed by atoms with Crippen LogP contribution in [0.1, 0.15) is 34.7 Å². The summed E-state index contributed by atoms with van der Waals surface area (Å²) in [7, 11) is 0. The Hall–Kier alpha value is -1.62. The van der Waals surface area contributed by atoms with E-state index in [2.05, 4.69) is 26.4 Å². The van der Waals surface area contributed by atoms with Crippen molar-refractivity contribution in [2.24, 2.45) is 0 Å². The third-order valence-corrected chi connectivity index (χ3v) is 3.80. The minimum atomic E-state index is -0.200. The Balaban J connectivity index is 1.80. The highest BCUT2D eigenvalue weighted by Gasteiger charge is 2.23. The molecule has 1 N–H and O–H groups in total. The molecule has 1 amide bonds. The van der Waals surface area contributed by atoms with Crippen LogP contribution in [0.25, 0.3) is 0 Å². The molecule has 0 aliphatic heterocycles. The molecule has 0 bridgehead atoms. The van der Waals surface area contributed by atoms with E-state index in [1.54, 1.807) is 0 Å². The summed E-state index contributed by atoms with van der Waals surface area (Å²) in [6, 6.07) is 7.45. The Morgan fingerprint density at radius 3 is 2.74 bits per heavy atom. The summed E-state index contributed by atoms with van der Waals surface area (Å²) in [5, 5.41) is 6.75. The number of hydrogen-bond donors (Lipinski definition) is 1. The highest BCUT2D eigenvalue weighted by Crippen LogP contribution is 2.25. The van der Waals surface area contributed by atoms with Gasteiger partial charge in [-0.2, -0.15) is 0 Å². The molecule has 5 heteroatoms. The van der Waals surface area contributed by atoms with Crippen LogP contribution < -0.4 is 5.32 Å². The van der Waals surface area contributed by atoms with Gasteiger partial charge in [-0.05, 0) is 43.5 Å². The van der Waals surface area contributed by atoms with Crippen LogP contribution in [-0.2, 0) is 12.8 Å². The van der Waals surface area contributed by atoms with Crippen molar-refractivity contribution >= 4 is 27.5 Å². The highest BCUT2D eigenvalue weighted by molar-refractivity contribution is 9.10. The van der Waals surface area contributed by atoms with Gasteiger partial charge in [-0.3, -0.25) is 4.79 Å². The summed E-state index contributed by atoms with van der Waals surface area (Å²) in [6.45, 7) is 0. The molecule has 1 aromatic carbocycles. The molecular formula is C14H13BrN2O2. The van der Waals surface area contributed by atoms with Crippen LogP contribution in [-0.4, -0.2) is 11.1 Å². The van der Waals surface area contributed by atoms with Gasteiger partial charge in [0.1, 0.15) is 5.76 Å². The first-order valence-electron chi connectivity index (χ1n) is 6.28. The molecule has 1 heterocycles. The first-order valence-corrected chi connectivity index (χ1v) is 7.07. The van der Waals surface area contributed by atoms with Crippen molar-refractivity contribution < 1.29 is 9.32 Å². The number of aryl methyl sites for hydroxylation is 1. The van der Waals surface area contributed by atoms with Crippen LogP contribution in [0.2, 0.25) is 0 Å². The van der Waals surface area contributed by atoms with Crippen LogP contribution in [0.5, 0.6) is 0 Å². The number of hydrogen-bond acceptors (Lipinski definition) is 3. The van der Waals surface area contributed by atoms with Gasteiger partial charge in [0.25, 0.3) is 5.91 Å². The van der Waals surface area contributed by atoms with Gasteiger partial charge in [0.05, 0.1) is 0 Å². The van der Waals surface area contributed by atoms with Gasteiger partial charge in [-0.1, -0.05) is 21.1 Å². The lowest BCUT2D eigenvalue weighted by atomic mass is 9.96. The topological polar surface area (TPSA) is 55.1 Å². The van der Waals surface area contributed by atoms with Crippen molar-refractivity contribution in [1.82, 2.24) is 5.16 Å². The quantitative estimate of drug-likeness (QED) is 0.920. The maximum absolute atomic E-state index is 12.2. The van der Waals surface area contributed by atoms with Gasteiger partial charge in [-0.25, -0.2) is 0 Å². The van der Waals surface area contributed by atoms with Crippen molar-refractivity contribution in [2.45, 2.75) is 25.7 Å². The second-order valence-electron chi connectivity index (χ2n) is 4.60. The Labute approximate surface area is 119 Å². The molecule has 19 heavy (non-hydrogen) atoms. The van der Waals surface area contributed by atoms with Crippen LogP contribution in [0.15, 0.2) is 33.3 Å². The van der Waals surface area contributed by atoms with Crippen molar-refractivity contribution in [3.8, 4) is 0 Å². The molecule has 98 valence electrons. The lowest BCUT2D eigenvalue weighted by Crippen LogP contribution is -2.15. The van der Waals surface area contributed by atoms with Gasteiger partial charge in [0.15, 0.2) is 5.69 Å². The average Bonchev–Trinajstić information content (AvgIpc) is 2.85. The number of halogens is 1. The number of anilines is 1. The summed E-state index contributed by atoms with van der Waals surface area (Å²) in [5.74, 6) is 0.668. The minimum Gasteiger partial charge on any atom is -0.360 e. The van der Waals surface area contributed by atoms with Crippen molar-refractivity contribution in [2.75, 3.05) is 5.32 Å². The van der Waals surface area contributed by atoms with E-state index in [0.29, 0.717) is 5.69 Å². The Morgan fingerprint density at radius 2 is 1.95 bits per heavy atom. The average molecular weight is 321 g/mol. The molecule has 0 radical (unpaired) electrons. The van der Waals surface area contributed by atoms with Crippen molar-refractivity contribution in [1.29, 1.82) is 0 Å². The van der Waals surface area contributed by atoms with E-state index >= 15 is 0 Å². The second-order valence-corrected chi connectivity index (χ2v) is 5.52. The molecular weight excluding hydrogens is 308 g/mol. The normalized spacial score (nSPS) is 13.9. The first-order chi connectivity index (χ1) is 9.24. The monoisotopic (exact) mass is 320 g/mol. The Kier molecular flexibility index (Phi) is 3.38. The molecule has 4 nitrogen and oxygen atoms in total. The molecule has 0 saturated carbocycles. The van der Waals surface area contributed by atoms with Crippen LogP contribution >= 0.6 is 15.9 Å². The van der Waals surface area contributed by atoms with E-state index in [9.17, 15) is 4.79 Å². The van der Waals surface area contributed by atoms with Gasteiger partial charge in [0.2, 0.25) is 0 Å². The number of aromatic nitrogens is 1. The predicted molar refractivity (Wildman–Crippen MR) is 75.2 cm³/mol. The summed E-state index contributed by atoms with van der Waals surface area (Å²) in [5.41, 5.74) is 2.15. The SMILES string of the molecule is O=C(Nc1ccc(Br)cc1)c1noc2c1CCCC2. The zero-order valence-corrected chi connectivity index (χ0v) is 11.9. The third kappa shape index (κ3) is 2.56. The van der Waals surface area contributed by atoms with Crippen molar-refractivity contribution in [3.63, 3.8) is 0 Å². The van der Waals surface area contributed by atoms with Crippen molar-refractivity contribution in [3.05, 3.63) is 45.8 Å². The molecule has 0 unspecified atom stereocenters. The number of rotatable bonds is 2. The Morgan fingerprint density at radius 1 is 1.21 bits per heavy atom. The van der Waals surface area contributed by atoms with Crippen LogP contribution in [0.3, 0.4) is 0 Å². The maximum Gasteiger partial charge on any atom is 0.278 e. The fourth-order valence-electron chi connectivity index (χ4n) is 2.29. The van der Waals surface area contributed by atoms with E-state index < -0.39 is 0 Å². The van der Waals surface area contributed by atoms with Crippen LogP contribution in [0, 0.1) is 0 Å². The zero-order valence-electron chi connectivity index (χ0n) is 10.3. The van der Waals surface area contributed by atoms with Gasteiger partial charge in [-0.15, -0.1) is 0 Å². The molecule has 0 saturated heterocycles. The third-order valence-electron chi connectivity index (χ3n) is 3.27. The fourth-order valence-corrected chi connectivity index (χ4v) is 2.55. The van der Waals surface area contributed by atoms with E-state index in [-0.39, 0.29) is 5.91 Å². The number of fused-ring (bicyclic) bond motifs is 1. The largest absolute Gasteiger partial charge is 0.360 e. The predicted octanol–water partition coefficient (Wildman–Crippen LogP) is 3.57. The molecule has 1 aliphatic rings. The van der Waals surface area contributed by atoms with E-state index in [0.717, 1.165) is 47.2 Å². The first kappa shape index (κ1) is 12.4. The van der Waals surface area contributed by atoms with E-state index in [4.69, 9.17) is 4.52 Å². The van der Waals surface area contributed by atoms with Gasteiger partial charge < -0.3 is 9.84 Å². The fraction of sp³-hybridized carbons (Fsp3) is 0.286. The zero-order chi connectivity index (χ0) is 13.2. The van der Waals surface area contributed by atoms with Gasteiger partial charge >= 0.3 is 0 Å².